The zero-order valence-corrected chi connectivity index (χ0v) is 12.0. The van der Waals surface area contributed by atoms with Gasteiger partial charge in [-0.3, -0.25) is 5.43 Å². The van der Waals surface area contributed by atoms with Crippen LogP contribution in [0.25, 0.3) is 10.9 Å². The van der Waals surface area contributed by atoms with Crippen molar-refractivity contribution < 1.29 is 0 Å². The molecular weight excluding hydrogens is 258 g/mol. The van der Waals surface area contributed by atoms with E-state index < -0.39 is 0 Å². The number of hydrogen-bond acceptors (Lipinski definition) is 6. The van der Waals surface area contributed by atoms with Crippen LogP contribution in [0.15, 0.2) is 24.3 Å². The van der Waals surface area contributed by atoms with E-state index in [4.69, 9.17) is 5.84 Å². The van der Waals surface area contributed by atoms with Crippen molar-refractivity contribution in [3.63, 3.8) is 0 Å². The van der Waals surface area contributed by atoms with Gasteiger partial charge in [0.25, 0.3) is 0 Å². The molecule has 19 heavy (non-hydrogen) atoms. The highest BCUT2D eigenvalue weighted by Crippen LogP contribution is 2.21. The van der Waals surface area contributed by atoms with Crippen molar-refractivity contribution in [2.75, 3.05) is 23.5 Å². The topological polar surface area (TPSA) is 75.9 Å². The number of nitrogens with one attached hydrogen (secondary N) is 2. The maximum absolute atomic E-state index is 5.40. The van der Waals surface area contributed by atoms with E-state index in [1.165, 1.54) is 0 Å². The van der Waals surface area contributed by atoms with Crippen molar-refractivity contribution in [1.29, 1.82) is 0 Å². The van der Waals surface area contributed by atoms with Gasteiger partial charge in [0.2, 0.25) is 5.95 Å². The summed E-state index contributed by atoms with van der Waals surface area (Å²) in [5.41, 5.74) is 3.38. The molecule has 1 atom stereocenters. The second-order valence-corrected chi connectivity index (χ2v) is 5.60. The Kier molecular flexibility index (Phi) is 4.81. The number of para-hydroxylation sites is 1. The summed E-state index contributed by atoms with van der Waals surface area (Å²) in [6.07, 6.45) is 3.21. The van der Waals surface area contributed by atoms with Crippen LogP contribution in [-0.2, 0) is 0 Å². The van der Waals surface area contributed by atoms with Crippen LogP contribution in [0.5, 0.6) is 0 Å². The Morgan fingerprint density at radius 1 is 1.32 bits per heavy atom. The number of hydrazine groups is 1. The van der Waals surface area contributed by atoms with Crippen LogP contribution in [0.1, 0.15) is 13.3 Å². The number of anilines is 2. The molecule has 2 aromatic rings. The van der Waals surface area contributed by atoms with E-state index in [9.17, 15) is 0 Å². The Labute approximate surface area is 117 Å². The maximum Gasteiger partial charge on any atom is 0.239 e. The minimum Gasteiger partial charge on any atom is -0.369 e. The Morgan fingerprint density at radius 2 is 2.11 bits per heavy atom. The summed E-state index contributed by atoms with van der Waals surface area (Å²) < 4.78 is 0. The third-order valence-electron chi connectivity index (χ3n) is 2.98. The third-order valence-corrected chi connectivity index (χ3v) is 4.02. The van der Waals surface area contributed by atoms with E-state index in [0.29, 0.717) is 11.2 Å². The van der Waals surface area contributed by atoms with Gasteiger partial charge in [-0.15, -0.1) is 0 Å². The Balaban J connectivity index is 2.20. The zero-order valence-electron chi connectivity index (χ0n) is 11.2. The van der Waals surface area contributed by atoms with Gasteiger partial charge in [0.05, 0.1) is 5.52 Å². The molecule has 0 saturated carbocycles. The summed E-state index contributed by atoms with van der Waals surface area (Å²) in [7, 11) is 0. The van der Waals surface area contributed by atoms with Gasteiger partial charge in [0, 0.05) is 17.2 Å². The van der Waals surface area contributed by atoms with Gasteiger partial charge in [-0.2, -0.15) is 16.7 Å². The largest absolute Gasteiger partial charge is 0.369 e. The quantitative estimate of drug-likeness (QED) is 0.556. The molecule has 1 aromatic heterocycles. The lowest BCUT2D eigenvalue weighted by atomic mass is 10.2. The Bertz CT molecular complexity index is 546. The number of thioether (sulfide) groups is 1. The van der Waals surface area contributed by atoms with Crippen molar-refractivity contribution in [1.82, 2.24) is 9.97 Å². The monoisotopic (exact) mass is 277 g/mol. The van der Waals surface area contributed by atoms with Gasteiger partial charge < -0.3 is 5.32 Å². The first kappa shape index (κ1) is 13.9. The van der Waals surface area contributed by atoms with Crippen LogP contribution in [0, 0.1) is 0 Å². The molecule has 6 heteroatoms. The molecule has 0 fully saturated rings. The number of rotatable bonds is 6. The normalized spacial score (nSPS) is 12.4. The van der Waals surface area contributed by atoms with Gasteiger partial charge in [0.15, 0.2) is 0 Å². The molecule has 0 amide bonds. The maximum atomic E-state index is 5.40. The van der Waals surface area contributed by atoms with Crippen molar-refractivity contribution in [3.05, 3.63) is 24.3 Å². The summed E-state index contributed by atoms with van der Waals surface area (Å²) in [5, 5.41) is 5.01. The second kappa shape index (κ2) is 6.58. The second-order valence-electron chi connectivity index (χ2n) is 4.32. The van der Waals surface area contributed by atoms with Gasteiger partial charge >= 0.3 is 0 Å². The molecule has 1 heterocycles. The molecule has 0 aliphatic heterocycles. The number of benzene rings is 1. The number of nitrogens with zero attached hydrogens (tertiary/aromatic N) is 2. The van der Waals surface area contributed by atoms with E-state index in [1.54, 1.807) is 0 Å². The molecule has 4 N–H and O–H groups in total. The lowest BCUT2D eigenvalue weighted by Crippen LogP contribution is -2.14. The zero-order chi connectivity index (χ0) is 13.7. The number of aromatic nitrogens is 2. The van der Waals surface area contributed by atoms with Gasteiger partial charge in [-0.05, 0) is 24.8 Å². The molecule has 0 radical (unpaired) electrons. The SMILES string of the molecule is CSC(C)CCNc1nc(NN)nc2ccccc12. The van der Waals surface area contributed by atoms with Crippen LogP contribution >= 0.6 is 11.8 Å². The van der Waals surface area contributed by atoms with E-state index in [-0.39, 0.29) is 0 Å². The van der Waals surface area contributed by atoms with Crippen molar-refractivity contribution in [3.8, 4) is 0 Å². The van der Waals surface area contributed by atoms with Crippen LogP contribution in [0.4, 0.5) is 11.8 Å². The number of nitrogen functional groups attached to an aromatic ring is 1. The molecule has 0 spiro atoms. The van der Waals surface area contributed by atoms with E-state index in [2.05, 4.69) is 33.9 Å². The van der Waals surface area contributed by atoms with Crippen LogP contribution in [0.2, 0.25) is 0 Å². The predicted octanol–water partition coefficient (Wildman–Crippen LogP) is 2.47. The summed E-state index contributed by atoms with van der Waals surface area (Å²) >= 11 is 1.87. The van der Waals surface area contributed by atoms with Crippen molar-refractivity contribution in [2.24, 2.45) is 5.84 Å². The average Bonchev–Trinajstić information content (AvgIpc) is 2.46. The van der Waals surface area contributed by atoms with Crippen LogP contribution < -0.4 is 16.6 Å². The summed E-state index contributed by atoms with van der Waals surface area (Å²) in [4.78, 5) is 8.70. The molecule has 0 aliphatic carbocycles. The lowest BCUT2D eigenvalue weighted by Gasteiger charge is -2.12. The van der Waals surface area contributed by atoms with Crippen LogP contribution in [0.3, 0.4) is 0 Å². The fourth-order valence-electron chi connectivity index (χ4n) is 1.79. The number of fused-ring (bicyclic) bond motifs is 1. The predicted molar refractivity (Wildman–Crippen MR) is 83.4 cm³/mol. The minimum atomic E-state index is 0.430. The van der Waals surface area contributed by atoms with Gasteiger partial charge in [-0.25, -0.2) is 10.8 Å². The molecule has 0 bridgehead atoms. The summed E-state index contributed by atoms with van der Waals surface area (Å²) in [6, 6.07) is 7.90. The van der Waals surface area contributed by atoms with E-state index in [0.717, 1.165) is 29.7 Å². The molecule has 1 unspecified atom stereocenters. The highest BCUT2D eigenvalue weighted by atomic mass is 32.2. The molecule has 1 aromatic carbocycles. The fraction of sp³-hybridized carbons (Fsp3) is 0.385. The Hall–Kier alpha value is -1.53. The van der Waals surface area contributed by atoms with Crippen LogP contribution in [-0.4, -0.2) is 28.0 Å². The smallest absolute Gasteiger partial charge is 0.239 e. The summed E-state index contributed by atoms with van der Waals surface area (Å²) in [6.45, 7) is 3.10. The van der Waals surface area contributed by atoms with E-state index >= 15 is 0 Å². The first-order valence-electron chi connectivity index (χ1n) is 6.24. The highest BCUT2D eigenvalue weighted by Gasteiger charge is 2.07. The molecule has 2 rings (SSSR count). The van der Waals surface area contributed by atoms with Gasteiger partial charge in [-0.1, -0.05) is 19.1 Å². The minimum absolute atomic E-state index is 0.430. The lowest BCUT2D eigenvalue weighted by molar-refractivity contribution is 0.850. The molecule has 0 aliphatic rings. The average molecular weight is 277 g/mol. The van der Waals surface area contributed by atoms with Gasteiger partial charge in [0.1, 0.15) is 5.82 Å². The number of nitrogens with two attached hydrogens (primary N) is 1. The molecular formula is C13H19N5S. The molecule has 102 valence electrons. The molecule has 0 saturated heterocycles. The Morgan fingerprint density at radius 3 is 2.84 bits per heavy atom. The van der Waals surface area contributed by atoms with Crippen molar-refractivity contribution >= 4 is 34.4 Å². The van der Waals surface area contributed by atoms with Crippen molar-refractivity contribution in [2.45, 2.75) is 18.6 Å². The summed E-state index contributed by atoms with van der Waals surface area (Å²) in [5.74, 6) is 6.66. The molecule has 5 nitrogen and oxygen atoms in total. The first-order chi connectivity index (χ1) is 9.24. The fourth-order valence-corrected chi connectivity index (χ4v) is 2.14. The standard InChI is InChI=1S/C13H19N5S/c1-9(19-2)7-8-15-12-10-5-3-4-6-11(10)16-13(17-12)18-14/h3-6,9H,7-8,14H2,1-2H3,(H2,15,16,17,18). The number of hydrogen-bond donors (Lipinski definition) is 3. The van der Waals surface area contributed by atoms with E-state index in [1.807, 2.05) is 36.0 Å². The first-order valence-corrected chi connectivity index (χ1v) is 7.53. The highest BCUT2D eigenvalue weighted by molar-refractivity contribution is 7.99. The third kappa shape index (κ3) is 3.48.